The summed E-state index contributed by atoms with van der Waals surface area (Å²) < 4.78 is 5.44. The Bertz CT molecular complexity index is 405. The van der Waals surface area contributed by atoms with Crippen LogP contribution in [0.4, 0.5) is 0 Å². The van der Waals surface area contributed by atoms with Crippen molar-refractivity contribution in [1.82, 2.24) is 15.2 Å². The predicted octanol–water partition coefficient (Wildman–Crippen LogP) is 0.337. The van der Waals surface area contributed by atoms with Crippen LogP contribution in [0.15, 0.2) is 18.3 Å². The Morgan fingerprint density at radius 2 is 2.44 bits per heavy atom. The Hall–Kier alpha value is -1.46. The average molecular weight is 249 g/mol. The standard InChI is InChI=1S/C13H19N3O2/c1-10-3-4-11(15-7-10)8-16-5-6-18-12(9-16)13(17)14-2/h3-4,7,12H,5-6,8-9H2,1-2H3,(H,14,17)/t12-/m0/s1. The van der Waals surface area contributed by atoms with Crippen LogP contribution in [0.3, 0.4) is 0 Å². The number of morpholine rings is 1. The van der Waals surface area contributed by atoms with Gasteiger partial charge in [-0.25, -0.2) is 0 Å². The van der Waals surface area contributed by atoms with Crippen molar-refractivity contribution in [2.75, 3.05) is 26.7 Å². The second-order valence-corrected chi connectivity index (χ2v) is 4.54. The summed E-state index contributed by atoms with van der Waals surface area (Å²) >= 11 is 0. The third kappa shape index (κ3) is 3.27. The van der Waals surface area contributed by atoms with Crippen LogP contribution in [0.2, 0.25) is 0 Å². The molecule has 1 fully saturated rings. The Labute approximate surface area is 107 Å². The van der Waals surface area contributed by atoms with Gasteiger partial charge in [0.15, 0.2) is 0 Å². The molecule has 5 nitrogen and oxygen atoms in total. The smallest absolute Gasteiger partial charge is 0.250 e. The first kappa shape index (κ1) is 13.0. The van der Waals surface area contributed by atoms with Crippen LogP contribution in [0.1, 0.15) is 11.3 Å². The zero-order chi connectivity index (χ0) is 13.0. The first-order chi connectivity index (χ1) is 8.69. The molecular formula is C13H19N3O2. The highest BCUT2D eigenvalue weighted by atomic mass is 16.5. The van der Waals surface area contributed by atoms with E-state index in [9.17, 15) is 4.79 Å². The number of nitrogens with one attached hydrogen (secondary N) is 1. The Balaban J connectivity index is 1.93. The van der Waals surface area contributed by atoms with Gasteiger partial charge in [0.1, 0.15) is 6.10 Å². The molecule has 0 radical (unpaired) electrons. The minimum atomic E-state index is -0.366. The molecule has 18 heavy (non-hydrogen) atoms. The maximum atomic E-state index is 11.5. The zero-order valence-electron chi connectivity index (χ0n) is 10.8. The molecule has 1 aliphatic heterocycles. The third-order valence-corrected chi connectivity index (χ3v) is 3.05. The number of amides is 1. The molecule has 1 atom stereocenters. The fourth-order valence-electron chi connectivity index (χ4n) is 1.99. The molecule has 1 aromatic rings. The number of pyridine rings is 1. The molecule has 1 amide bonds. The molecule has 0 bridgehead atoms. The number of carbonyl (C=O) groups excluding carboxylic acids is 1. The Morgan fingerprint density at radius 1 is 1.61 bits per heavy atom. The number of ether oxygens (including phenoxy) is 1. The van der Waals surface area contributed by atoms with Crippen molar-refractivity contribution in [1.29, 1.82) is 0 Å². The lowest BCUT2D eigenvalue weighted by Gasteiger charge is -2.31. The van der Waals surface area contributed by atoms with E-state index in [1.807, 2.05) is 19.2 Å². The predicted molar refractivity (Wildman–Crippen MR) is 68.1 cm³/mol. The molecular weight excluding hydrogens is 230 g/mol. The van der Waals surface area contributed by atoms with Crippen molar-refractivity contribution in [2.24, 2.45) is 0 Å². The number of aryl methyl sites for hydroxylation is 1. The minimum Gasteiger partial charge on any atom is -0.366 e. The van der Waals surface area contributed by atoms with Gasteiger partial charge in [0.05, 0.1) is 12.3 Å². The van der Waals surface area contributed by atoms with Crippen LogP contribution in [-0.4, -0.2) is 48.6 Å². The normalized spacial score (nSPS) is 20.7. The quantitative estimate of drug-likeness (QED) is 0.839. The molecule has 2 heterocycles. The van der Waals surface area contributed by atoms with Crippen LogP contribution in [0, 0.1) is 6.92 Å². The highest BCUT2D eigenvalue weighted by Crippen LogP contribution is 2.09. The van der Waals surface area contributed by atoms with Gasteiger partial charge in [-0.15, -0.1) is 0 Å². The van der Waals surface area contributed by atoms with Crippen LogP contribution >= 0.6 is 0 Å². The number of rotatable bonds is 3. The molecule has 2 rings (SSSR count). The largest absolute Gasteiger partial charge is 0.366 e. The summed E-state index contributed by atoms with van der Waals surface area (Å²) in [4.78, 5) is 18.1. The van der Waals surface area contributed by atoms with Crippen molar-refractivity contribution in [3.8, 4) is 0 Å². The number of aromatic nitrogens is 1. The van der Waals surface area contributed by atoms with Gasteiger partial charge in [-0.05, 0) is 18.6 Å². The maximum Gasteiger partial charge on any atom is 0.250 e. The molecule has 0 unspecified atom stereocenters. The number of nitrogens with zero attached hydrogens (tertiary/aromatic N) is 2. The van der Waals surface area contributed by atoms with E-state index >= 15 is 0 Å². The maximum absolute atomic E-state index is 11.5. The lowest BCUT2D eigenvalue weighted by Crippen LogP contribution is -2.48. The summed E-state index contributed by atoms with van der Waals surface area (Å²) in [7, 11) is 1.63. The van der Waals surface area contributed by atoms with E-state index in [1.165, 1.54) is 0 Å². The second-order valence-electron chi connectivity index (χ2n) is 4.54. The third-order valence-electron chi connectivity index (χ3n) is 3.05. The number of hydrogen-bond donors (Lipinski definition) is 1. The van der Waals surface area contributed by atoms with Gasteiger partial charge < -0.3 is 10.1 Å². The Morgan fingerprint density at radius 3 is 3.11 bits per heavy atom. The number of likely N-dealkylation sites (N-methyl/N-ethyl adjacent to an activating group) is 1. The van der Waals surface area contributed by atoms with E-state index in [-0.39, 0.29) is 12.0 Å². The fourth-order valence-corrected chi connectivity index (χ4v) is 1.99. The van der Waals surface area contributed by atoms with E-state index in [2.05, 4.69) is 21.3 Å². The number of carbonyl (C=O) groups is 1. The van der Waals surface area contributed by atoms with Crippen LogP contribution in [0.5, 0.6) is 0 Å². The molecule has 1 aliphatic rings. The van der Waals surface area contributed by atoms with Crippen molar-refractivity contribution < 1.29 is 9.53 Å². The lowest BCUT2D eigenvalue weighted by atomic mass is 10.2. The number of hydrogen-bond acceptors (Lipinski definition) is 4. The summed E-state index contributed by atoms with van der Waals surface area (Å²) in [5.41, 5.74) is 2.18. The summed E-state index contributed by atoms with van der Waals surface area (Å²) in [5.74, 6) is -0.0587. The molecule has 98 valence electrons. The van der Waals surface area contributed by atoms with Crippen molar-refractivity contribution in [3.05, 3.63) is 29.6 Å². The molecule has 1 saturated heterocycles. The highest BCUT2D eigenvalue weighted by Gasteiger charge is 2.25. The van der Waals surface area contributed by atoms with Gasteiger partial charge in [0.2, 0.25) is 5.91 Å². The first-order valence-electron chi connectivity index (χ1n) is 6.16. The first-order valence-corrected chi connectivity index (χ1v) is 6.16. The molecule has 5 heteroatoms. The monoisotopic (exact) mass is 249 g/mol. The van der Waals surface area contributed by atoms with Crippen molar-refractivity contribution in [2.45, 2.75) is 19.6 Å². The zero-order valence-corrected chi connectivity index (χ0v) is 10.8. The summed E-state index contributed by atoms with van der Waals surface area (Å²) in [6, 6.07) is 4.08. The highest BCUT2D eigenvalue weighted by molar-refractivity contribution is 5.80. The molecule has 1 aromatic heterocycles. The molecule has 0 aliphatic carbocycles. The minimum absolute atomic E-state index is 0.0587. The van der Waals surface area contributed by atoms with Crippen LogP contribution < -0.4 is 5.32 Å². The topological polar surface area (TPSA) is 54.5 Å². The fraction of sp³-hybridized carbons (Fsp3) is 0.538. The van der Waals surface area contributed by atoms with E-state index < -0.39 is 0 Å². The average Bonchev–Trinajstić information content (AvgIpc) is 2.41. The van der Waals surface area contributed by atoms with E-state index in [0.29, 0.717) is 13.2 Å². The SMILES string of the molecule is CNC(=O)[C@@H]1CN(Cc2ccc(C)cn2)CCO1. The van der Waals surface area contributed by atoms with Gasteiger partial charge in [0, 0.05) is 32.9 Å². The van der Waals surface area contributed by atoms with Gasteiger partial charge in [-0.1, -0.05) is 6.07 Å². The van der Waals surface area contributed by atoms with Gasteiger partial charge in [-0.2, -0.15) is 0 Å². The van der Waals surface area contributed by atoms with E-state index in [0.717, 1.165) is 24.3 Å². The Kier molecular flexibility index (Phi) is 4.28. The van der Waals surface area contributed by atoms with Gasteiger partial charge in [-0.3, -0.25) is 14.7 Å². The van der Waals surface area contributed by atoms with Crippen LogP contribution in [-0.2, 0) is 16.1 Å². The van der Waals surface area contributed by atoms with Gasteiger partial charge in [0.25, 0.3) is 0 Å². The lowest BCUT2D eigenvalue weighted by molar-refractivity contribution is -0.138. The second kappa shape index (κ2) is 5.93. The summed E-state index contributed by atoms with van der Waals surface area (Å²) in [5, 5.41) is 2.62. The van der Waals surface area contributed by atoms with Crippen molar-refractivity contribution in [3.63, 3.8) is 0 Å². The molecule has 0 spiro atoms. The van der Waals surface area contributed by atoms with Crippen LogP contribution in [0.25, 0.3) is 0 Å². The molecule has 1 N–H and O–H groups in total. The summed E-state index contributed by atoms with van der Waals surface area (Å²) in [6.07, 6.45) is 1.50. The van der Waals surface area contributed by atoms with Gasteiger partial charge >= 0.3 is 0 Å². The van der Waals surface area contributed by atoms with E-state index in [4.69, 9.17) is 4.74 Å². The van der Waals surface area contributed by atoms with Crippen molar-refractivity contribution >= 4 is 5.91 Å². The van der Waals surface area contributed by atoms with E-state index in [1.54, 1.807) is 7.05 Å². The molecule has 0 aromatic carbocycles. The summed E-state index contributed by atoms with van der Waals surface area (Å²) in [6.45, 7) is 4.83. The molecule has 0 saturated carbocycles.